The lowest BCUT2D eigenvalue weighted by Crippen LogP contribution is -2.24. The van der Waals surface area contributed by atoms with Gasteiger partial charge in [-0.05, 0) is 48.7 Å². The predicted molar refractivity (Wildman–Crippen MR) is 120 cm³/mol. The van der Waals surface area contributed by atoms with Gasteiger partial charge >= 0.3 is 0 Å². The summed E-state index contributed by atoms with van der Waals surface area (Å²) in [5, 5.41) is 0. The average Bonchev–Trinajstić information content (AvgIpc) is 3.51. The summed E-state index contributed by atoms with van der Waals surface area (Å²) in [6.07, 6.45) is -0.928. The van der Waals surface area contributed by atoms with E-state index in [0.717, 1.165) is 22.3 Å². The van der Waals surface area contributed by atoms with E-state index < -0.39 is 18.8 Å². The van der Waals surface area contributed by atoms with Crippen molar-refractivity contribution < 1.29 is 27.8 Å². The van der Waals surface area contributed by atoms with E-state index in [2.05, 4.69) is 4.98 Å². The molecule has 8 heteroatoms. The van der Waals surface area contributed by atoms with Crippen LogP contribution in [0.1, 0.15) is 38.3 Å². The zero-order valence-electron chi connectivity index (χ0n) is 18.9. The molecule has 1 atom stereocenters. The normalized spacial score (nSPS) is 18.9. The Hall–Kier alpha value is -3.52. The molecule has 1 unspecified atom stereocenters. The molecule has 0 bridgehead atoms. The Labute approximate surface area is 196 Å². The summed E-state index contributed by atoms with van der Waals surface area (Å²) in [7, 11) is 0. The highest BCUT2D eigenvalue weighted by Gasteiger charge is 2.54. The Kier molecular flexibility index (Phi) is 5.69. The molecule has 0 saturated carbocycles. The molecule has 0 spiro atoms. The minimum absolute atomic E-state index is 0.0949. The Bertz CT molecular complexity index is 1210. The van der Waals surface area contributed by atoms with Gasteiger partial charge in [0, 0.05) is 30.4 Å². The molecule has 1 amide bonds. The van der Waals surface area contributed by atoms with Gasteiger partial charge in [-0.25, -0.2) is 8.78 Å². The van der Waals surface area contributed by atoms with Crippen molar-refractivity contribution in [2.75, 3.05) is 13.2 Å². The Morgan fingerprint density at radius 1 is 1.15 bits per heavy atom. The molecule has 0 aliphatic carbocycles. The predicted octanol–water partition coefficient (Wildman–Crippen LogP) is 4.76. The fourth-order valence-electron chi connectivity index (χ4n) is 4.46. The number of halogens is 2. The first kappa shape index (κ1) is 22.3. The zero-order chi connectivity index (χ0) is 23.9. The quantitative estimate of drug-likeness (QED) is 0.448. The molecule has 1 aromatic heterocycles. The highest BCUT2D eigenvalue weighted by molar-refractivity contribution is 5.98. The number of fused-ring (bicyclic) bond motifs is 1. The number of aryl methyl sites for hydroxylation is 2. The fourth-order valence-corrected chi connectivity index (χ4v) is 4.46. The first-order chi connectivity index (χ1) is 16.4. The Balaban J connectivity index is 1.36. The number of epoxide rings is 1. The van der Waals surface area contributed by atoms with Gasteiger partial charge in [-0.2, -0.15) is 0 Å². The summed E-state index contributed by atoms with van der Waals surface area (Å²) in [4.78, 5) is 19.4. The SMILES string of the molecule is Cc1cc(CN2Cc3c(ccnc3C3(Oc4ccccc4)CO3)C2=O)cc(C)c1OCC(F)F. The maximum absolute atomic E-state index is 13.2. The number of hydrogen-bond donors (Lipinski definition) is 0. The van der Waals surface area contributed by atoms with Crippen LogP contribution in [-0.2, 0) is 23.6 Å². The van der Waals surface area contributed by atoms with Crippen molar-refractivity contribution >= 4 is 5.91 Å². The largest absolute Gasteiger partial charge is 0.487 e. The van der Waals surface area contributed by atoms with E-state index in [1.165, 1.54) is 0 Å². The van der Waals surface area contributed by atoms with Gasteiger partial charge in [-0.1, -0.05) is 30.3 Å². The molecule has 34 heavy (non-hydrogen) atoms. The van der Waals surface area contributed by atoms with Gasteiger partial charge in [0.05, 0.1) is 0 Å². The summed E-state index contributed by atoms with van der Waals surface area (Å²) in [6, 6.07) is 14.8. The highest BCUT2D eigenvalue weighted by atomic mass is 19.3. The molecule has 0 N–H and O–H groups in total. The van der Waals surface area contributed by atoms with Crippen LogP contribution in [0.15, 0.2) is 54.7 Å². The van der Waals surface area contributed by atoms with Crippen LogP contribution in [0.3, 0.4) is 0 Å². The van der Waals surface area contributed by atoms with Gasteiger partial charge in [-0.3, -0.25) is 9.78 Å². The summed E-state index contributed by atoms with van der Waals surface area (Å²) in [5.74, 6) is 0.0421. The number of alkyl halides is 2. The molecule has 1 saturated heterocycles. The summed E-state index contributed by atoms with van der Waals surface area (Å²) < 4.78 is 42.2. The molecule has 1 fully saturated rings. The van der Waals surface area contributed by atoms with Crippen molar-refractivity contribution in [1.29, 1.82) is 0 Å². The third-order valence-electron chi connectivity index (χ3n) is 5.96. The third kappa shape index (κ3) is 4.21. The number of nitrogens with zero attached hydrogens (tertiary/aromatic N) is 2. The second-order valence-electron chi connectivity index (χ2n) is 8.56. The number of para-hydroxylation sites is 1. The second-order valence-corrected chi connectivity index (χ2v) is 8.56. The molecule has 5 rings (SSSR count). The van der Waals surface area contributed by atoms with Crippen LogP contribution in [0.4, 0.5) is 8.78 Å². The maximum Gasteiger partial charge on any atom is 0.278 e. The third-order valence-corrected chi connectivity index (χ3v) is 5.96. The van der Waals surface area contributed by atoms with Crippen LogP contribution < -0.4 is 9.47 Å². The first-order valence-electron chi connectivity index (χ1n) is 11.0. The van der Waals surface area contributed by atoms with E-state index >= 15 is 0 Å². The van der Waals surface area contributed by atoms with Gasteiger partial charge in [0.15, 0.2) is 0 Å². The van der Waals surface area contributed by atoms with Gasteiger partial charge in [0.25, 0.3) is 18.1 Å². The monoisotopic (exact) mass is 466 g/mol. The van der Waals surface area contributed by atoms with Crippen LogP contribution in [0.5, 0.6) is 11.5 Å². The Morgan fingerprint density at radius 3 is 2.50 bits per heavy atom. The molecule has 2 aromatic carbocycles. The number of pyridine rings is 1. The molecular formula is C26H24F2N2O4. The Morgan fingerprint density at radius 2 is 1.85 bits per heavy atom. The van der Waals surface area contributed by atoms with E-state index in [9.17, 15) is 13.6 Å². The van der Waals surface area contributed by atoms with Crippen molar-refractivity contribution in [2.45, 2.75) is 39.1 Å². The standard InChI is InChI=1S/C26H24F2N2O4/c1-16-10-18(11-17(2)23(16)32-14-22(27)28)12-30-13-21-20(25(30)31)8-9-29-24(21)26(15-33-26)34-19-6-4-3-5-7-19/h3-11,22H,12-15H2,1-2H3. The average molecular weight is 466 g/mol. The van der Waals surface area contributed by atoms with Crippen LogP contribution in [0.2, 0.25) is 0 Å². The lowest BCUT2D eigenvalue weighted by molar-refractivity contribution is 0.0541. The van der Waals surface area contributed by atoms with E-state index in [-0.39, 0.29) is 5.91 Å². The molecule has 6 nitrogen and oxygen atoms in total. The first-order valence-corrected chi connectivity index (χ1v) is 11.0. The van der Waals surface area contributed by atoms with Gasteiger partial charge < -0.3 is 19.1 Å². The van der Waals surface area contributed by atoms with Gasteiger partial charge in [0.2, 0.25) is 0 Å². The number of rotatable bonds is 8. The molecular weight excluding hydrogens is 442 g/mol. The number of ether oxygens (including phenoxy) is 3. The van der Waals surface area contributed by atoms with Crippen molar-refractivity contribution in [3.8, 4) is 11.5 Å². The number of aromatic nitrogens is 1. The van der Waals surface area contributed by atoms with Crippen LogP contribution >= 0.6 is 0 Å². The number of carbonyl (C=O) groups excluding carboxylic acids is 1. The molecule has 2 aliphatic heterocycles. The van der Waals surface area contributed by atoms with E-state index in [1.54, 1.807) is 17.2 Å². The van der Waals surface area contributed by atoms with Crippen LogP contribution in [0, 0.1) is 13.8 Å². The molecule has 0 radical (unpaired) electrons. The van der Waals surface area contributed by atoms with Gasteiger partial charge in [0.1, 0.15) is 30.4 Å². The van der Waals surface area contributed by atoms with Crippen LogP contribution in [-0.4, -0.2) is 35.4 Å². The highest BCUT2D eigenvalue weighted by Crippen LogP contribution is 2.43. The molecule has 3 aromatic rings. The summed E-state index contributed by atoms with van der Waals surface area (Å²) >= 11 is 0. The van der Waals surface area contributed by atoms with Crippen molar-refractivity contribution in [1.82, 2.24) is 9.88 Å². The van der Waals surface area contributed by atoms with E-state index in [1.807, 2.05) is 56.3 Å². The lowest BCUT2D eigenvalue weighted by atomic mass is 10.1. The van der Waals surface area contributed by atoms with E-state index in [0.29, 0.717) is 42.5 Å². The molecule has 3 heterocycles. The number of hydrogen-bond acceptors (Lipinski definition) is 5. The minimum atomic E-state index is -2.54. The van der Waals surface area contributed by atoms with Crippen molar-refractivity contribution in [2.24, 2.45) is 0 Å². The zero-order valence-corrected chi connectivity index (χ0v) is 18.9. The molecule has 176 valence electrons. The van der Waals surface area contributed by atoms with Gasteiger partial charge in [-0.15, -0.1) is 0 Å². The van der Waals surface area contributed by atoms with E-state index in [4.69, 9.17) is 14.2 Å². The van der Waals surface area contributed by atoms with Crippen molar-refractivity contribution in [3.63, 3.8) is 0 Å². The second kappa shape index (κ2) is 8.68. The fraction of sp³-hybridized carbons (Fsp3) is 0.308. The minimum Gasteiger partial charge on any atom is -0.487 e. The summed E-state index contributed by atoms with van der Waals surface area (Å²) in [6.45, 7) is 4.09. The van der Waals surface area contributed by atoms with Crippen molar-refractivity contribution in [3.05, 3.63) is 88.2 Å². The molecule has 2 aliphatic rings. The topological polar surface area (TPSA) is 64.2 Å². The number of benzene rings is 2. The van der Waals surface area contributed by atoms with Crippen LogP contribution in [0.25, 0.3) is 0 Å². The number of carbonyl (C=O) groups is 1. The summed E-state index contributed by atoms with van der Waals surface area (Å²) in [5.41, 5.74) is 4.40. The smallest absolute Gasteiger partial charge is 0.278 e. The number of amides is 1. The maximum atomic E-state index is 13.2. The lowest BCUT2D eigenvalue weighted by Gasteiger charge is -2.19.